The Balaban J connectivity index is 1.80. The summed E-state index contributed by atoms with van der Waals surface area (Å²) < 4.78 is 0. The molecular formula is C15H24N2S. The highest BCUT2D eigenvalue weighted by Gasteiger charge is 2.30. The van der Waals surface area contributed by atoms with Gasteiger partial charge in [-0.1, -0.05) is 13.3 Å². The number of thiazole rings is 1. The normalized spacial score (nSPS) is 31.6. The van der Waals surface area contributed by atoms with Gasteiger partial charge in [-0.25, -0.2) is 4.98 Å². The Kier molecular flexibility index (Phi) is 3.71. The van der Waals surface area contributed by atoms with E-state index in [0.29, 0.717) is 6.04 Å². The third kappa shape index (κ3) is 2.23. The van der Waals surface area contributed by atoms with Crippen LogP contribution in [-0.4, -0.2) is 12.0 Å². The zero-order valence-corrected chi connectivity index (χ0v) is 12.4. The molecular weight excluding hydrogens is 240 g/mol. The average molecular weight is 264 g/mol. The van der Waals surface area contributed by atoms with Gasteiger partial charge in [-0.15, -0.1) is 11.3 Å². The lowest BCUT2D eigenvalue weighted by molar-refractivity contribution is 0.486. The molecule has 3 heteroatoms. The van der Waals surface area contributed by atoms with Gasteiger partial charge in [0.05, 0.1) is 16.7 Å². The summed E-state index contributed by atoms with van der Waals surface area (Å²) in [5.41, 5.74) is 1.38. The highest BCUT2D eigenvalue weighted by atomic mass is 32.1. The highest BCUT2D eigenvalue weighted by Crippen LogP contribution is 2.43. The Morgan fingerprint density at radius 2 is 2.22 bits per heavy atom. The zero-order valence-electron chi connectivity index (χ0n) is 11.5. The summed E-state index contributed by atoms with van der Waals surface area (Å²) in [5, 5.41) is 4.87. The lowest BCUT2D eigenvalue weighted by Crippen LogP contribution is -2.21. The third-order valence-corrected chi connectivity index (χ3v) is 6.08. The monoisotopic (exact) mass is 264 g/mol. The van der Waals surface area contributed by atoms with Gasteiger partial charge in [0, 0.05) is 10.8 Å². The van der Waals surface area contributed by atoms with E-state index >= 15 is 0 Å². The Bertz CT molecular complexity index is 413. The van der Waals surface area contributed by atoms with Gasteiger partial charge in [0.15, 0.2) is 0 Å². The smallest absolute Gasteiger partial charge is 0.0962 e. The van der Waals surface area contributed by atoms with Crippen LogP contribution in [0.1, 0.15) is 73.0 Å². The maximum Gasteiger partial charge on any atom is 0.0962 e. The van der Waals surface area contributed by atoms with Crippen molar-refractivity contribution in [2.75, 3.05) is 7.05 Å². The lowest BCUT2D eigenvalue weighted by atomic mass is 9.98. The molecule has 18 heavy (non-hydrogen) atoms. The summed E-state index contributed by atoms with van der Waals surface area (Å²) in [6.45, 7) is 2.33. The summed E-state index contributed by atoms with van der Waals surface area (Å²) in [6.07, 6.45) is 9.36. The summed E-state index contributed by atoms with van der Waals surface area (Å²) >= 11 is 2.01. The number of hydrogen-bond donors (Lipinski definition) is 1. The molecule has 0 radical (unpaired) electrons. The van der Waals surface area contributed by atoms with Crippen LogP contribution in [0.3, 0.4) is 0 Å². The molecule has 1 aromatic heterocycles. The third-order valence-electron chi connectivity index (χ3n) is 4.79. The van der Waals surface area contributed by atoms with Crippen LogP contribution in [0.25, 0.3) is 0 Å². The van der Waals surface area contributed by atoms with Crippen LogP contribution in [0.2, 0.25) is 0 Å². The molecule has 1 aromatic rings. The lowest BCUT2D eigenvalue weighted by Gasteiger charge is -2.19. The van der Waals surface area contributed by atoms with Crippen molar-refractivity contribution in [1.82, 2.24) is 10.3 Å². The number of rotatable bonds is 3. The standard InChI is InChI=1S/C15H24N2S/c1-3-10-7-8-11(9-10)15-17-14-12(16-2)5-4-6-13(14)18-15/h10-12,16H,3-9H2,1-2H3. The van der Waals surface area contributed by atoms with Crippen molar-refractivity contribution in [2.45, 2.75) is 63.8 Å². The molecule has 3 rings (SSSR count). The van der Waals surface area contributed by atoms with Gasteiger partial charge in [-0.05, 0) is 51.5 Å². The number of aromatic nitrogens is 1. The molecule has 3 unspecified atom stereocenters. The topological polar surface area (TPSA) is 24.9 Å². The van der Waals surface area contributed by atoms with Gasteiger partial charge in [0.2, 0.25) is 0 Å². The summed E-state index contributed by atoms with van der Waals surface area (Å²) in [4.78, 5) is 6.58. The summed E-state index contributed by atoms with van der Waals surface area (Å²) in [7, 11) is 2.07. The highest BCUT2D eigenvalue weighted by molar-refractivity contribution is 7.11. The molecule has 2 aliphatic rings. The quantitative estimate of drug-likeness (QED) is 0.891. The Morgan fingerprint density at radius 3 is 2.94 bits per heavy atom. The van der Waals surface area contributed by atoms with Gasteiger partial charge in [0.1, 0.15) is 0 Å². The van der Waals surface area contributed by atoms with Crippen molar-refractivity contribution >= 4 is 11.3 Å². The zero-order chi connectivity index (χ0) is 12.5. The van der Waals surface area contributed by atoms with E-state index in [1.807, 2.05) is 11.3 Å². The minimum atomic E-state index is 0.516. The fraction of sp³-hybridized carbons (Fsp3) is 0.800. The number of aryl methyl sites for hydroxylation is 1. The van der Waals surface area contributed by atoms with Crippen LogP contribution in [0.5, 0.6) is 0 Å². The first kappa shape index (κ1) is 12.6. The molecule has 0 aliphatic heterocycles. The van der Waals surface area contributed by atoms with E-state index in [1.165, 1.54) is 55.6 Å². The van der Waals surface area contributed by atoms with E-state index in [0.717, 1.165) is 11.8 Å². The van der Waals surface area contributed by atoms with E-state index in [9.17, 15) is 0 Å². The predicted molar refractivity (Wildman–Crippen MR) is 77.2 cm³/mol. The van der Waals surface area contributed by atoms with Crippen LogP contribution >= 0.6 is 11.3 Å². The van der Waals surface area contributed by atoms with Crippen LogP contribution in [0.4, 0.5) is 0 Å². The Labute approximate surface area is 114 Å². The summed E-state index contributed by atoms with van der Waals surface area (Å²) in [5.74, 6) is 1.72. The van der Waals surface area contributed by atoms with E-state index in [4.69, 9.17) is 4.98 Å². The fourth-order valence-corrected chi connectivity index (χ4v) is 4.88. The predicted octanol–water partition coefficient (Wildman–Crippen LogP) is 4.03. The van der Waals surface area contributed by atoms with Crippen molar-refractivity contribution in [2.24, 2.45) is 5.92 Å². The van der Waals surface area contributed by atoms with Crippen LogP contribution in [-0.2, 0) is 6.42 Å². The van der Waals surface area contributed by atoms with Crippen molar-refractivity contribution in [3.63, 3.8) is 0 Å². The van der Waals surface area contributed by atoms with Gasteiger partial charge < -0.3 is 5.32 Å². The molecule has 1 saturated carbocycles. The fourth-order valence-electron chi connectivity index (χ4n) is 3.56. The molecule has 0 saturated heterocycles. The number of nitrogens with zero attached hydrogens (tertiary/aromatic N) is 1. The molecule has 100 valence electrons. The van der Waals surface area contributed by atoms with Gasteiger partial charge in [-0.2, -0.15) is 0 Å². The minimum Gasteiger partial charge on any atom is -0.312 e. The molecule has 2 aliphatic carbocycles. The molecule has 3 atom stereocenters. The van der Waals surface area contributed by atoms with Crippen LogP contribution in [0.15, 0.2) is 0 Å². The molecule has 1 heterocycles. The number of hydrogen-bond acceptors (Lipinski definition) is 3. The van der Waals surface area contributed by atoms with Crippen LogP contribution < -0.4 is 5.32 Å². The molecule has 1 N–H and O–H groups in total. The molecule has 0 aromatic carbocycles. The maximum atomic E-state index is 5.01. The Morgan fingerprint density at radius 1 is 1.33 bits per heavy atom. The first-order chi connectivity index (χ1) is 8.81. The van der Waals surface area contributed by atoms with E-state index < -0.39 is 0 Å². The molecule has 0 amide bonds. The molecule has 0 bridgehead atoms. The van der Waals surface area contributed by atoms with Crippen molar-refractivity contribution in [3.8, 4) is 0 Å². The Hall–Kier alpha value is -0.410. The van der Waals surface area contributed by atoms with E-state index in [2.05, 4.69) is 19.3 Å². The first-order valence-corrected chi connectivity index (χ1v) is 8.30. The molecule has 0 spiro atoms. The molecule has 2 nitrogen and oxygen atoms in total. The van der Waals surface area contributed by atoms with Crippen molar-refractivity contribution < 1.29 is 0 Å². The first-order valence-electron chi connectivity index (χ1n) is 7.48. The number of nitrogens with one attached hydrogen (secondary N) is 1. The van der Waals surface area contributed by atoms with Crippen LogP contribution in [0, 0.1) is 5.92 Å². The molecule has 1 fully saturated rings. The van der Waals surface area contributed by atoms with Crippen molar-refractivity contribution in [3.05, 3.63) is 15.6 Å². The largest absolute Gasteiger partial charge is 0.312 e. The van der Waals surface area contributed by atoms with Crippen molar-refractivity contribution in [1.29, 1.82) is 0 Å². The maximum absolute atomic E-state index is 5.01. The second-order valence-electron chi connectivity index (χ2n) is 5.88. The van der Waals surface area contributed by atoms with Gasteiger partial charge in [0.25, 0.3) is 0 Å². The van der Waals surface area contributed by atoms with E-state index in [1.54, 1.807) is 4.88 Å². The number of fused-ring (bicyclic) bond motifs is 1. The summed E-state index contributed by atoms with van der Waals surface area (Å²) in [6, 6.07) is 0.516. The second-order valence-corrected chi connectivity index (χ2v) is 6.99. The SMILES string of the molecule is CCC1CCC(c2nc3c(s2)CCCC3NC)C1. The minimum absolute atomic E-state index is 0.516. The average Bonchev–Trinajstić information content (AvgIpc) is 3.03. The van der Waals surface area contributed by atoms with Gasteiger partial charge >= 0.3 is 0 Å². The van der Waals surface area contributed by atoms with Gasteiger partial charge in [-0.3, -0.25) is 0 Å². The second kappa shape index (κ2) is 5.30. The van der Waals surface area contributed by atoms with E-state index in [-0.39, 0.29) is 0 Å².